The number of nitrogens with zero attached hydrogens (tertiary/aromatic N) is 3. The Balaban J connectivity index is 1.66. The van der Waals surface area contributed by atoms with Gasteiger partial charge in [0, 0.05) is 11.8 Å². The molecular weight excluding hydrogens is 355 g/mol. The molecule has 1 spiro atoms. The van der Waals surface area contributed by atoms with Crippen LogP contribution in [0.1, 0.15) is 43.4 Å². The molecule has 2 aliphatic rings. The standard InChI is InChI=1S/C19H20Cl2N4/c20-14-5-4-13(8-15(14)21)10-23-18-19(6-2-1-3-7-19)9-16-17(25-18)11-22-12-24-16/h4-5,8,11-12H,1-3,6-7,9-10H2,(H,23,25). The number of rotatable bonds is 2. The van der Waals surface area contributed by atoms with Gasteiger partial charge in [-0.25, -0.2) is 9.97 Å². The lowest BCUT2D eigenvalue weighted by atomic mass is 9.68. The summed E-state index contributed by atoms with van der Waals surface area (Å²) in [6.07, 6.45) is 10.5. The van der Waals surface area contributed by atoms with Gasteiger partial charge >= 0.3 is 0 Å². The Morgan fingerprint density at radius 2 is 1.96 bits per heavy atom. The van der Waals surface area contributed by atoms with Crippen molar-refractivity contribution in [2.24, 2.45) is 10.4 Å². The van der Waals surface area contributed by atoms with Crippen molar-refractivity contribution in [3.63, 3.8) is 0 Å². The van der Waals surface area contributed by atoms with Crippen LogP contribution in [0, 0.1) is 5.41 Å². The summed E-state index contributed by atoms with van der Waals surface area (Å²) in [6.45, 7) is 0.587. The largest absolute Gasteiger partial charge is 0.341 e. The van der Waals surface area contributed by atoms with Crippen molar-refractivity contribution in [3.05, 3.63) is 52.0 Å². The summed E-state index contributed by atoms with van der Waals surface area (Å²) in [5.74, 6) is 1.07. The summed E-state index contributed by atoms with van der Waals surface area (Å²) >= 11 is 12.1. The Labute approximate surface area is 157 Å². The minimum absolute atomic E-state index is 0.0792. The minimum atomic E-state index is 0.0792. The van der Waals surface area contributed by atoms with Gasteiger partial charge in [-0.2, -0.15) is 0 Å². The number of aliphatic imine (C=N–C) groups is 1. The van der Waals surface area contributed by atoms with E-state index < -0.39 is 0 Å². The molecule has 4 rings (SSSR count). The number of fused-ring (bicyclic) bond motifs is 1. The molecule has 1 fully saturated rings. The second-order valence-corrected chi connectivity index (χ2v) is 7.75. The van der Waals surface area contributed by atoms with E-state index >= 15 is 0 Å². The predicted octanol–water partition coefficient (Wildman–Crippen LogP) is 5.30. The van der Waals surface area contributed by atoms with Crippen LogP contribution in [0.2, 0.25) is 10.0 Å². The zero-order valence-electron chi connectivity index (χ0n) is 13.9. The van der Waals surface area contributed by atoms with Crippen LogP contribution in [0.5, 0.6) is 0 Å². The number of hydrogen-bond acceptors (Lipinski definition) is 3. The Morgan fingerprint density at radius 1 is 1.12 bits per heavy atom. The average molecular weight is 375 g/mol. The van der Waals surface area contributed by atoms with Gasteiger partial charge in [0.2, 0.25) is 0 Å². The fraction of sp³-hybridized carbons (Fsp3) is 0.421. The van der Waals surface area contributed by atoms with E-state index in [0.717, 1.165) is 42.0 Å². The van der Waals surface area contributed by atoms with Crippen LogP contribution in [-0.4, -0.2) is 15.8 Å². The van der Waals surface area contributed by atoms with E-state index in [2.05, 4.69) is 15.3 Å². The second kappa shape index (κ2) is 6.93. The monoisotopic (exact) mass is 374 g/mol. The topological polar surface area (TPSA) is 50.2 Å². The third-order valence-electron chi connectivity index (χ3n) is 5.27. The van der Waals surface area contributed by atoms with Crippen molar-refractivity contribution in [3.8, 4) is 0 Å². The molecule has 2 heterocycles. The van der Waals surface area contributed by atoms with Crippen molar-refractivity contribution in [1.82, 2.24) is 9.97 Å². The zero-order chi connectivity index (χ0) is 17.3. The van der Waals surface area contributed by atoms with Crippen molar-refractivity contribution in [2.75, 3.05) is 5.32 Å². The average Bonchev–Trinajstić information content (AvgIpc) is 2.63. The first-order chi connectivity index (χ1) is 12.2. The maximum absolute atomic E-state index is 6.13. The van der Waals surface area contributed by atoms with Gasteiger partial charge in [0.15, 0.2) is 0 Å². The number of amidine groups is 1. The van der Waals surface area contributed by atoms with Crippen molar-refractivity contribution in [2.45, 2.75) is 45.1 Å². The van der Waals surface area contributed by atoms with Gasteiger partial charge in [0.05, 0.1) is 34.2 Å². The lowest BCUT2D eigenvalue weighted by Gasteiger charge is -2.42. The Hall–Kier alpha value is -1.65. The fourth-order valence-corrected chi connectivity index (χ4v) is 4.24. The van der Waals surface area contributed by atoms with E-state index in [9.17, 15) is 0 Å². The highest BCUT2D eigenvalue weighted by atomic mass is 35.5. The lowest BCUT2D eigenvalue weighted by Crippen LogP contribution is -2.44. The van der Waals surface area contributed by atoms with Crippen LogP contribution < -0.4 is 5.32 Å². The van der Waals surface area contributed by atoms with Gasteiger partial charge in [0.25, 0.3) is 0 Å². The molecule has 0 bridgehead atoms. The molecule has 1 aliphatic heterocycles. The van der Waals surface area contributed by atoms with Gasteiger partial charge in [0.1, 0.15) is 12.2 Å². The summed E-state index contributed by atoms with van der Waals surface area (Å²) < 4.78 is 0. The van der Waals surface area contributed by atoms with E-state index in [1.807, 2.05) is 24.4 Å². The number of halogens is 2. The summed E-state index contributed by atoms with van der Waals surface area (Å²) in [7, 11) is 0. The predicted molar refractivity (Wildman–Crippen MR) is 102 cm³/mol. The molecule has 6 heteroatoms. The molecule has 25 heavy (non-hydrogen) atoms. The highest BCUT2D eigenvalue weighted by Gasteiger charge is 2.41. The van der Waals surface area contributed by atoms with E-state index in [1.165, 1.54) is 19.3 Å². The van der Waals surface area contributed by atoms with E-state index in [4.69, 9.17) is 28.2 Å². The van der Waals surface area contributed by atoms with Crippen LogP contribution in [0.3, 0.4) is 0 Å². The highest BCUT2D eigenvalue weighted by Crippen LogP contribution is 2.44. The smallest absolute Gasteiger partial charge is 0.115 e. The van der Waals surface area contributed by atoms with E-state index in [0.29, 0.717) is 16.6 Å². The first-order valence-electron chi connectivity index (χ1n) is 8.71. The molecule has 4 nitrogen and oxygen atoms in total. The molecule has 0 radical (unpaired) electrons. The fourth-order valence-electron chi connectivity index (χ4n) is 3.92. The summed E-state index contributed by atoms with van der Waals surface area (Å²) in [4.78, 5) is 13.6. The molecule has 2 aromatic rings. The Morgan fingerprint density at radius 3 is 2.76 bits per heavy atom. The maximum atomic E-state index is 6.13. The van der Waals surface area contributed by atoms with Crippen LogP contribution in [0.4, 0.5) is 5.69 Å². The van der Waals surface area contributed by atoms with Crippen molar-refractivity contribution in [1.29, 1.82) is 0 Å². The lowest BCUT2D eigenvalue weighted by molar-refractivity contribution is 0.276. The summed E-state index contributed by atoms with van der Waals surface area (Å²) in [5, 5.41) is 4.66. The molecule has 1 N–H and O–H groups in total. The molecule has 0 saturated heterocycles. The third kappa shape index (κ3) is 3.38. The number of benzene rings is 1. The molecule has 1 aromatic heterocycles. The van der Waals surface area contributed by atoms with Gasteiger partial charge in [-0.15, -0.1) is 0 Å². The van der Waals surface area contributed by atoms with Crippen LogP contribution in [-0.2, 0) is 13.0 Å². The molecule has 1 aliphatic carbocycles. The SMILES string of the molecule is Clc1ccc(CN=C2Nc3cncnc3CC23CCCCC3)cc1Cl. The van der Waals surface area contributed by atoms with Crippen LogP contribution in [0.25, 0.3) is 0 Å². The molecular formula is C19H20Cl2N4. The van der Waals surface area contributed by atoms with Gasteiger partial charge in [-0.3, -0.25) is 4.99 Å². The Kier molecular flexibility index (Phi) is 4.65. The molecule has 0 atom stereocenters. The minimum Gasteiger partial charge on any atom is -0.341 e. The molecule has 0 unspecified atom stereocenters. The molecule has 0 amide bonds. The Bertz CT molecular complexity index is 813. The van der Waals surface area contributed by atoms with E-state index in [1.54, 1.807) is 6.33 Å². The number of nitrogens with one attached hydrogen (secondary N) is 1. The molecule has 1 saturated carbocycles. The summed E-state index contributed by atoms with van der Waals surface area (Å²) in [6, 6.07) is 5.69. The quantitative estimate of drug-likeness (QED) is 0.775. The normalized spacial score (nSPS) is 20.3. The second-order valence-electron chi connectivity index (χ2n) is 6.94. The third-order valence-corrected chi connectivity index (χ3v) is 6.01. The van der Waals surface area contributed by atoms with Crippen LogP contribution >= 0.6 is 23.2 Å². The van der Waals surface area contributed by atoms with Gasteiger partial charge in [-0.05, 0) is 30.5 Å². The zero-order valence-corrected chi connectivity index (χ0v) is 15.4. The van der Waals surface area contributed by atoms with E-state index in [-0.39, 0.29) is 5.41 Å². The van der Waals surface area contributed by atoms with Crippen molar-refractivity contribution < 1.29 is 0 Å². The molecule has 1 aromatic carbocycles. The first-order valence-corrected chi connectivity index (χ1v) is 9.47. The highest BCUT2D eigenvalue weighted by molar-refractivity contribution is 6.42. The number of hydrogen-bond donors (Lipinski definition) is 1. The van der Waals surface area contributed by atoms with Gasteiger partial charge in [-0.1, -0.05) is 48.5 Å². The number of aromatic nitrogens is 2. The summed E-state index contributed by atoms with van der Waals surface area (Å²) in [5.41, 5.74) is 3.22. The molecule has 130 valence electrons. The maximum Gasteiger partial charge on any atom is 0.115 e. The number of anilines is 1. The first kappa shape index (κ1) is 16.8. The van der Waals surface area contributed by atoms with Crippen LogP contribution in [0.15, 0.2) is 35.7 Å². The van der Waals surface area contributed by atoms with Gasteiger partial charge < -0.3 is 5.32 Å². The van der Waals surface area contributed by atoms with Crippen molar-refractivity contribution >= 4 is 34.7 Å².